The van der Waals surface area contributed by atoms with Gasteiger partial charge in [0, 0.05) is 0 Å². The van der Waals surface area contributed by atoms with E-state index in [2.05, 4.69) is 0 Å². The second kappa shape index (κ2) is 6.15. The summed E-state index contributed by atoms with van der Waals surface area (Å²) in [6.07, 6.45) is -5.40. The van der Waals surface area contributed by atoms with E-state index in [1.165, 1.54) is 6.07 Å². The van der Waals surface area contributed by atoms with Crippen molar-refractivity contribution in [3.8, 4) is 5.75 Å². The Kier molecular flexibility index (Phi) is 5.03. The first-order valence-corrected chi connectivity index (χ1v) is 6.20. The Balaban J connectivity index is 3.20. The molecule has 0 saturated heterocycles. The highest BCUT2D eigenvalue weighted by Gasteiger charge is 2.36. The first-order chi connectivity index (χ1) is 9.11. The lowest BCUT2D eigenvalue weighted by Gasteiger charge is -2.16. The van der Waals surface area contributed by atoms with Crippen LogP contribution in [0.3, 0.4) is 0 Å². The third kappa shape index (κ3) is 4.43. The number of halogens is 3. The molecule has 0 aliphatic rings. The average molecular weight is 290 g/mol. The largest absolute Gasteiger partial charge is 0.491 e. The lowest BCUT2D eigenvalue weighted by atomic mass is 10.1. The number of hydrogen-bond donors (Lipinski definition) is 0. The fourth-order valence-electron chi connectivity index (χ4n) is 1.56. The van der Waals surface area contributed by atoms with Crippen molar-refractivity contribution in [3.05, 3.63) is 29.3 Å². The maximum atomic E-state index is 13.0. The molecular formula is C14H17F3O3. The molecule has 0 heterocycles. The van der Waals surface area contributed by atoms with Crippen LogP contribution in [0.4, 0.5) is 13.2 Å². The van der Waals surface area contributed by atoms with Gasteiger partial charge in [-0.2, -0.15) is 13.2 Å². The van der Waals surface area contributed by atoms with Crippen LogP contribution in [-0.2, 0) is 10.9 Å². The quantitative estimate of drug-likeness (QED) is 0.784. The normalized spacial score (nSPS) is 11.8. The van der Waals surface area contributed by atoms with Gasteiger partial charge in [0.25, 0.3) is 0 Å². The van der Waals surface area contributed by atoms with Gasteiger partial charge in [-0.15, -0.1) is 0 Å². The van der Waals surface area contributed by atoms with Crippen LogP contribution in [0.5, 0.6) is 5.75 Å². The Bertz CT molecular complexity index is 479. The van der Waals surface area contributed by atoms with Gasteiger partial charge < -0.3 is 9.47 Å². The van der Waals surface area contributed by atoms with Crippen LogP contribution in [-0.4, -0.2) is 18.2 Å². The zero-order chi connectivity index (χ0) is 15.5. The molecule has 0 saturated carbocycles. The highest BCUT2D eigenvalue weighted by atomic mass is 19.4. The smallest absolute Gasteiger partial charge is 0.417 e. The topological polar surface area (TPSA) is 35.5 Å². The summed E-state index contributed by atoms with van der Waals surface area (Å²) < 4.78 is 49.0. The van der Waals surface area contributed by atoms with E-state index >= 15 is 0 Å². The fraction of sp³-hybridized carbons (Fsp3) is 0.500. The average Bonchev–Trinajstić information content (AvgIpc) is 2.25. The third-order valence-electron chi connectivity index (χ3n) is 2.23. The van der Waals surface area contributed by atoms with Crippen molar-refractivity contribution >= 4 is 5.97 Å². The molecule has 0 bridgehead atoms. The highest BCUT2D eigenvalue weighted by Crippen LogP contribution is 2.35. The molecule has 0 unspecified atom stereocenters. The lowest BCUT2D eigenvalue weighted by Crippen LogP contribution is -2.18. The molecule has 0 aromatic heterocycles. The number of carbonyl (C=O) groups excluding carboxylic acids is 1. The van der Waals surface area contributed by atoms with Gasteiger partial charge in [-0.3, -0.25) is 0 Å². The van der Waals surface area contributed by atoms with E-state index in [4.69, 9.17) is 9.47 Å². The van der Waals surface area contributed by atoms with Crippen LogP contribution in [0, 0.1) is 0 Å². The maximum Gasteiger partial charge on any atom is 0.417 e. The first-order valence-electron chi connectivity index (χ1n) is 6.20. The van der Waals surface area contributed by atoms with Crippen LogP contribution in [0.1, 0.15) is 43.6 Å². The van der Waals surface area contributed by atoms with E-state index in [9.17, 15) is 18.0 Å². The van der Waals surface area contributed by atoms with Crippen molar-refractivity contribution in [1.82, 2.24) is 0 Å². The number of alkyl halides is 3. The minimum Gasteiger partial charge on any atom is -0.491 e. The predicted molar refractivity (Wildman–Crippen MR) is 67.8 cm³/mol. The van der Waals surface area contributed by atoms with E-state index in [-0.39, 0.29) is 11.9 Å². The Morgan fingerprint density at radius 3 is 2.15 bits per heavy atom. The van der Waals surface area contributed by atoms with Gasteiger partial charge in [-0.05, 0) is 45.9 Å². The van der Waals surface area contributed by atoms with Crippen molar-refractivity contribution in [2.24, 2.45) is 0 Å². The third-order valence-corrected chi connectivity index (χ3v) is 2.23. The monoisotopic (exact) mass is 290 g/mol. The number of benzene rings is 1. The summed E-state index contributed by atoms with van der Waals surface area (Å²) in [5.41, 5.74) is -1.57. The number of esters is 1. The minimum atomic E-state index is -4.65. The molecule has 0 N–H and O–H groups in total. The van der Waals surface area contributed by atoms with Gasteiger partial charge in [0.2, 0.25) is 0 Å². The van der Waals surface area contributed by atoms with E-state index in [0.29, 0.717) is 0 Å². The number of carbonyl (C=O) groups is 1. The highest BCUT2D eigenvalue weighted by molar-refractivity contribution is 5.91. The van der Waals surface area contributed by atoms with Gasteiger partial charge in [0.1, 0.15) is 5.75 Å². The number of hydrogen-bond acceptors (Lipinski definition) is 3. The van der Waals surface area contributed by atoms with Gasteiger partial charge in [-0.25, -0.2) is 4.79 Å². The van der Waals surface area contributed by atoms with Crippen molar-refractivity contribution in [2.45, 2.75) is 46.1 Å². The molecule has 0 atom stereocenters. The molecule has 20 heavy (non-hydrogen) atoms. The standard InChI is InChI=1S/C14H17F3O3/c1-8(2)19-10-5-6-11(13(18)20-9(3)4)12(7-10)14(15,16)17/h5-9H,1-4H3. The molecule has 112 valence electrons. The van der Waals surface area contributed by atoms with Crippen LogP contribution < -0.4 is 4.74 Å². The van der Waals surface area contributed by atoms with Crippen molar-refractivity contribution in [3.63, 3.8) is 0 Å². The maximum absolute atomic E-state index is 13.0. The van der Waals surface area contributed by atoms with Crippen molar-refractivity contribution in [1.29, 1.82) is 0 Å². The molecule has 0 amide bonds. The minimum absolute atomic E-state index is 0.0634. The fourth-order valence-corrected chi connectivity index (χ4v) is 1.56. The summed E-state index contributed by atoms with van der Waals surface area (Å²) in [5.74, 6) is -0.933. The molecule has 0 radical (unpaired) electrons. The van der Waals surface area contributed by atoms with E-state index in [1.807, 2.05) is 0 Å². The molecule has 1 rings (SSSR count). The summed E-state index contributed by atoms with van der Waals surface area (Å²) in [6, 6.07) is 3.22. The zero-order valence-corrected chi connectivity index (χ0v) is 11.7. The lowest BCUT2D eigenvalue weighted by molar-refractivity contribution is -0.138. The van der Waals surface area contributed by atoms with E-state index in [0.717, 1.165) is 12.1 Å². The summed E-state index contributed by atoms with van der Waals surface area (Å²) in [6.45, 7) is 6.55. The SMILES string of the molecule is CC(C)OC(=O)c1ccc(OC(C)C)cc1C(F)(F)F. The molecule has 0 spiro atoms. The van der Waals surface area contributed by atoms with Gasteiger partial charge >= 0.3 is 12.1 Å². The molecule has 6 heteroatoms. The zero-order valence-electron chi connectivity index (χ0n) is 11.7. The molecule has 1 aromatic rings. The molecule has 1 aromatic carbocycles. The van der Waals surface area contributed by atoms with Crippen LogP contribution in [0.2, 0.25) is 0 Å². The number of ether oxygens (including phenoxy) is 2. The Hall–Kier alpha value is -1.72. The van der Waals surface area contributed by atoms with Crippen molar-refractivity contribution < 1.29 is 27.4 Å². The second-order valence-corrected chi connectivity index (χ2v) is 4.83. The van der Waals surface area contributed by atoms with E-state index in [1.54, 1.807) is 27.7 Å². The van der Waals surface area contributed by atoms with E-state index < -0.39 is 29.4 Å². The van der Waals surface area contributed by atoms with Gasteiger partial charge in [-0.1, -0.05) is 0 Å². The van der Waals surface area contributed by atoms with Crippen LogP contribution >= 0.6 is 0 Å². The summed E-state index contributed by atoms with van der Waals surface area (Å²) in [5, 5.41) is 0. The summed E-state index contributed by atoms with van der Waals surface area (Å²) in [7, 11) is 0. The Labute approximate surface area is 115 Å². The molecule has 0 aliphatic heterocycles. The van der Waals surface area contributed by atoms with Gasteiger partial charge in [0.15, 0.2) is 0 Å². The van der Waals surface area contributed by atoms with Crippen LogP contribution in [0.25, 0.3) is 0 Å². The first kappa shape index (κ1) is 16.3. The summed E-state index contributed by atoms with van der Waals surface area (Å²) in [4.78, 5) is 11.7. The Morgan fingerprint density at radius 2 is 1.70 bits per heavy atom. The molecule has 0 fully saturated rings. The number of rotatable bonds is 4. The summed E-state index contributed by atoms with van der Waals surface area (Å²) >= 11 is 0. The molecular weight excluding hydrogens is 273 g/mol. The van der Waals surface area contributed by atoms with Crippen molar-refractivity contribution in [2.75, 3.05) is 0 Å². The molecule has 3 nitrogen and oxygen atoms in total. The Morgan fingerprint density at radius 1 is 1.10 bits per heavy atom. The second-order valence-electron chi connectivity index (χ2n) is 4.83. The predicted octanol–water partition coefficient (Wildman–Crippen LogP) is 4.06. The van der Waals surface area contributed by atoms with Crippen LogP contribution in [0.15, 0.2) is 18.2 Å². The van der Waals surface area contributed by atoms with Gasteiger partial charge in [0.05, 0.1) is 23.3 Å². The molecule has 0 aliphatic carbocycles.